The highest BCUT2D eigenvalue weighted by Crippen LogP contribution is 2.36. The number of aliphatic hydroxyl groups is 1. The fraction of sp³-hybridized carbons (Fsp3) is 0.0690. The normalized spacial score (nSPS) is 11.5. The molecular formula is C29H25NO2. The number of carbonyl (C=O) groups excluding carboxylic acids is 1. The molecule has 3 nitrogen and oxygen atoms in total. The summed E-state index contributed by atoms with van der Waals surface area (Å²) in [5, 5.41) is 9.66. The number of nitrogens with zero attached hydrogens (tertiary/aromatic N) is 1. The molecule has 4 rings (SSSR count). The van der Waals surface area contributed by atoms with Crippen molar-refractivity contribution >= 4 is 22.8 Å². The fourth-order valence-electron chi connectivity index (χ4n) is 3.82. The van der Waals surface area contributed by atoms with E-state index in [1.807, 2.05) is 60.7 Å². The van der Waals surface area contributed by atoms with Crippen LogP contribution in [0, 0.1) is 0 Å². The molecule has 0 saturated heterocycles. The average Bonchev–Trinajstić information content (AvgIpc) is 2.87. The zero-order valence-corrected chi connectivity index (χ0v) is 17.8. The van der Waals surface area contributed by atoms with Crippen molar-refractivity contribution in [3.8, 4) is 11.1 Å². The highest BCUT2D eigenvalue weighted by molar-refractivity contribution is 5.95. The third-order valence-electron chi connectivity index (χ3n) is 5.53. The molecule has 4 aromatic rings. The predicted molar refractivity (Wildman–Crippen MR) is 132 cm³/mol. The summed E-state index contributed by atoms with van der Waals surface area (Å²) >= 11 is 0. The van der Waals surface area contributed by atoms with Crippen LogP contribution in [0.4, 0.5) is 17.1 Å². The van der Waals surface area contributed by atoms with Gasteiger partial charge in [0.2, 0.25) is 0 Å². The Morgan fingerprint density at radius 1 is 0.719 bits per heavy atom. The Kier molecular flexibility index (Phi) is 6.59. The van der Waals surface area contributed by atoms with Gasteiger partial charge in [-0.2, -0.15) is 0 Å². The molecular weight excluding hydrogens is 394 g/mol. The molecule has 1 unspecified atom stereocenters. The summed E-state index contributed by atoms with van der Waals surface area (Å²) in [5.41, 5.74) is 6.14. The van der Waals surface area contributed by atoms with Crippen molar-refractivity contribution < 1.29 is 9.90 Å². The SMILES string of the molecule is C=CC(=O)C(CO)c1ccc(N(c2ccccc2)c2ccc(-c3ccccc3)cc2)cc1. The number of hydrogen-bond acceptors (Lipinski definition) is 3. The molecule has 4 aromatic carbocycles. The van der Waals surface area contributed by atoms with Crippen molar-refractivity contribution in [3.05, 3.63) is 127 Å². The van der Waals surface area contributed by atoms with E-state index in [9.17, 15) is 9.90 Å². The Morgan fingerprint density at radius 3 is 1.72 bits per heavy atom. The molecule has 0 aromatic heterocycles. The van der Waals surface area contributed by atoms with Crippen molar-refractivity contribution in [2.45, 2.75) is 5.92 Å². The number of hydrogen-bond donors (Lipinski definition) is 1. The van der Waals surface area contributed by atoms with Crippen LogP contribution in [0.25, 0.3) is 11.1 Å². The molecule has 0 aliphatic heterocycles. The summed E-state index contributed by atoms with van der Waals surface area (Å²) in [6.45, 7) is 3.30. The Balaban J connectivity index is 1.71. The van der Waals surface area contributed by atoms with Crippen LogP contribution in [0.15, 0.2) is 122 Å². The van der Waals surface area contributed by atoms with E-state index in [2.05, 4.69) is 60.0 Å². The lowest BCUT2D eigenvalue weighted by molar-refractivity contribution is -0.116. The molecule has 158 valence electrons. The van der Waals surface area contributed by atoms with Gasteiger partial charge in [-0.25, -0.2) is 0 Å². The molecule has 0 aliphatic carbocycles. The molecule has 0 radical (unpaired) electrons. The molecule has 3 heteroatoms. The van der Waals surface area contributed by atoms with Crippen LogP contribution < -0.4 is 4.90 Å². The van der Waals surface area contributed by atoms with Gasteiger partial charge in [-0.3, -0.25) is 4.79 Å². The number of para-hydroxylation sites is 1. The van der Waals surface area contributed by atoms with Crippen molar-refractivity contribution in [1.82, 2.24) is 0 Å². The number of allylic oxidation sites excluding steroid dienone is 1. The van der Waals surface area contributed by atoms with Gasteiger partial charge in [0.05, 0.1) is 12.5 Å². The second kappa shape index (κ2) is 9.90. The van der Waals surface area contributed by atoms with E-state index in [1.54, 1.807) is 0 Å². The lowest BCUT2D eigenvalue weighted by atomic mass is 9.95. The topological polar surface area (TPSA) is 40.5 Å². The Hall–Kier alpha value is -3.95. The maximum Gasteiger partial charge on any atom is 0.164 e. The molecule has 32 heavy (non-hydrogen) atoms. The smallest absolute Gasteiger partial charge is 0.164 e. The monoisotopic (exact) mass is 419 g/mol. The molecule has 0 bridgehead atoms. The van der Waals surface area contributed by atoms with Crippen molar-refractivity contribution in [2.24, 2.45) is 0 Å². The fourth-order valence-corrected chi connectivity index (χ4v) is 3.82. The first-order valence-corrected chi connectivity index (χ1v) is 10.6. The first-order valence-electron chi connectivity index (χ1n) is 10.6. The summed E-state index contributed by atoms with van der Waals surface area (Å²) in [5.74, 6) is -0.770. The summed E-state index contributed by atoms with van der Waals surface area (Å²) in [4.78, 5) is 14.2. The number of aliphatic hydroxyl groups excluding tert-OH is 1. The first kappa shape index (κ1) is 21.3. The van der Waals surface area contributed by atoms with Crippen LogP contribution in [-0.4, -0.2) is 17.5 Å². The second-order valence-electron chi connectivity index (χ2n) is 7.52. The van der Waals surface area contributed by atoms with E-state index >= 15 is 0 Å². The van der Waals surface area contributed by atoms with E-state index in [-0.39, 0.29) is 12.4 Å². The van der Waals surface area contributed by atoms with E-state index in [0.717, 1.165) is 28.2 Å². The van der Waals surface area contributed by atoms with Crippen molar-refractivity contribution in [2.75, 3.05) is 11.5 Å². The van der Waals surface area contributed by atoms with Crippen LogP contribution >= 0.6 is 0 Å². The molecule has 1 N–H and O–H groups in total. The number of benzene rings is 4. The maximum atomic E-state index is 12.1. The van der Waals surface area contributed by atoms with Crippen molar-refractivity contribution in [1.29, 1.82) is 0 Å². The van der Waals surface area contributed by atoms with Gasteiger partial charge in [-0.1, -0.05) is 79.4 Å². The molecule has 0 amide bonds. The highest BCUT2D eigenvalue weighted by atomic mass is 16.3. The van der Waals surface area contributed by atoms with E-state index in [1.165, 1.54) is 11.6 Å². The molecule has 0 fully saturated rings. The van der Waals surface area contributed by atoms with Crippen LogP contribution in [0.3, 0.4) is 0 Å². The van der Waals surface area contributed by atoms with Gasteiger partial charge in [-0.15, -0.1) is 0 Å². The summed E-state index contributed by atoms with van der Waals surface area (Å²) in [6.07, 6.45) is 1.26. The van der Waals surface area contributed by atoms with Crippen molar-refractivity contribution in [3.63, 3.8) is 0 Å². The van der Waals surface area contributed by atoms with Crippen LogP contribution in [0.1, 0.15) is 11.5 Å². The van der Waals surface area contributed by atoms with Gasteiger partial charge in [0.25, 0.3) is 0 Å². The lowest BCUT2D eigenvalue weighted by Gasteiger charge is -2.26. The summed E-state index contributed by atoms with van der Waals surface area (Å²) in [7, 11) is 0. The van der Waals surface area contributed by atoms with Gasteiger partial charge in [-0.05, 0) is 59.2 Å². The Morgan fingerprint density at radius 2 is 1.19 bits per heavy atom. The molecule has 0 heterocycles. The Labute approximate surface area is 188 Å². The molecule has 1 atom stereocenters. The number of anilines is 3. The standard InChI is InChI=1S/C29H25NO2/c1-2-29(32)28(21-31)24-15-19-27(20-16-24)30(25-11-7-4-8-12-25)26-17-13-23(14-18-26)22-9-5-3-6-10-22/h2-20,28,31H,1,21H2. The zero-order chi connectivity index (χ0) is 22.3. The number of ketones is 1. The van der Waals surface area contributed by atoms with E-state index in [0.29, 0.717) is 0 Å². The molecule has 0 spiro atoms. The van der Waals surface area contributed by atoms with Gasteiger partial charge in [0.1, 0.15) is 0 Å². The minimum absolute atomic E-state index is 0.184. The largest absolute Gasteiger partial charge is 0.395 e. The third kappa shape index (κ3) is 4.53. The average molecular weight is 420 g/mol. The first-order chi connectivity index (χ1) is 15.7. The zero-order valence-electron chi connectivity index (χ0n) is 17.8. The van der Waals surface area contributed by atoms with E-state index < -0.39 is 5.92 Å². The second-order valence-corrected chi connectivity index (χ2v) is 7.52. The van der Waals surface area contributed by atoms with Crippen LogP contribution in [0.2, 0.25) is 0 Å². The van der Waals surface area contributed by atoms with Gasteiger partial charge >= 0.3 is 0 Å². The summed E-state index contributed by atoms with van der Waals surface area (Å²) in [6, 6.07) is 36.7. The van der Waals surface area contributed by atoms with E-state index in [4.69, 9.17) is 0 Å². The summed E-state index contributed by atoms with van der Waals surface area (Å²) < 4.78 is 0. The van der Waals surface area contributed by atoms with Gasteiger partial charge < -0.3 is 10.0 Å². The van der Waals surface area contributed by atoms with Crippen LogP contribution in [-0.2, 0) is 4.79 Å². The number of rotatable bonds is 8. The Bertz CT molecular complexity index is 1170. The minimum atomic E-state index is -0.586. The quantitative estimate of drug-likeness (QED) is 0.325. The van der Waals surface area contributed by atoms with Gasteiger partial charge in [0, 0.05) is 17.1 Å². The third-order valence-corrected chi connectivity index (χ3v) is 5.53. The predicted octanol–water partition coefficient (Wildman–Crippen LogP) is 6.65. The number of carbonyl (C=O) groups is 1. The highest BCUT2D eigenvalue weighted by Gasteiger charge is 2.18. The maximum absolute atomic E-state index is 12.1. The van der Waals surface area contributed by atoms with Gasteiger partial charge in [0.15, 0.2) is 5.78 Å². The molecule has 0 aliphatic rings. The lowest BCUT2D eigenvalue weighted by Crippen LogP contribution is -2.14. The minimum Gasteiger partial charge on any atom is -0.395 e. The van der Waals surface area contributed by atoms with Crippen LogP contribution in [0.5, 0.6) is 0 Å². The molecule has 0 saturated carbocycles.